The second-order valence-corrected chi connectivity index (χ2v) is 23.5. The van der Waals surface area contributed by atoms with Gasteiger partial charge in [0.25, 0.3) is 0 Å². The molecule has 0 saturated heterocycles. The summed E-state index contributed by atoms with van der Waals surface area (Å²) >= 11 is 0. The number of ether oxygens (including phenoxy) is 1. The van der Waals surface area contributed by atoms with Gasteiger partial charge in [0, 0.05) is 12.8 Å². The smallest absolute Gasteiger partial charge is 0.305 e. The van der Waals surface area contributed by atoms with Crippen molar-refractivity contribution in [3.63, 3.8) is 0 Å². The molecule has 0 rings (SSSR count). The van der Waals surface area contributed by atoms with Crippen LogP contribution in [-0.4, -0.2) is 47.4 Å². The van der Waals surface area contributed by atoms with Crippen molar-refractivity contribution in [2.75, 3.05) is 13.2 Å². The van der Waals surface area contributed by atoms with Crippen LogP contribution in [0.2, 0.25) is 0 Å². The maximum absolute atomic E-state index is 12.5. The molecule has 3 N–H and O–H groups in total. The molecule has 0 aliphatic rings. The Bertz CT molecular complexity index is 1230. The molecule has 0 aromatic heterocycles. The Morgan fingerprint density at radius 3 is 0.974 bits per heavy atom. The summed E-state index contributed by atoms with van der Waals surface area (Å²) < 4.78 is 5.46. The number of unbranched alkanes of at least 4 members (excludes halogenated alkanes) is 49. The van der Waals surface area contributed by atoms with Crippen LogP contribution < -0.4 is 5.32 Å². The van der Waals surface area contributed by atoms with Crippen LogP contribution in [0.15, 0.2) is 36.5 Å². The van der Waals surface area contributed by atoms with E-state index in [2.05, 4.69) is 43.5 Å². The van der Waals surface area contributed by atoms with Gasteiger partial charge in [-0.15, -0.1) is 0 Å². The standard InChI is InChI=1S/C70H133NO5/c1-3-5-7-9-11-13-15-16-17-18-30-33-36-39-43-46-50-54-58-62-68(73)67(66-72)71-69(74)63-59-55-51-47-44-40-37-34-31-28-26-24-22-20-19-21-23-25-27-29-32-35-38-41-45-49-53-57-61-65-76-70(75)64-60-56-52-48-42-14-12-10-8-6-4-2/h10,12,19,21,58,62,67-68,72-73H,3-9,11,13-18,20,22-57,59-61,63-66H2,1-2H3,(H,71,74)/b12-10-,21-19-,62-58+. The summed E-state index contributed by atoms with van der Waals surface area (Å²) in [5.74, 6) is -0.0589. The SMILES string of the molecule is CCCC/C=C\CCCCCCCC(=O)OCCCCCCCCCCCCCC/C=C\CCCCCCCCCCCCCCCC(=O)NC(CO)C(O)/C=C/CCCCCCCCCCCCCCCCCCC. The molecule has 0 bridgehead atoms. The van der Waals surface area contributed by atoms with E-state index in [0.29, 0.717) is 19.4 Å². The fourth-order valence-corrected chi connectivity index (χ4v) is 10.6. The summed E-state index contributed by atoms with van der Waals surface area (Å²) in [6.07, 6.45) is 83.6. The zero-order valence-corrected chi connectivity index (χ0v) is 51.3. The Labute approximate surface area is 474 Å². The van der Waals surface area contributed by atoms with E-state index in [1.807, 2.05) is 6.08 Å². The normalized spacial score (nSPS) is 12.7. The zero-order chi connectivity index (χ0) is 55.0. The molecule has 76 heavy (non-hydrogen) atoms. The molecule has 0 aromatic rings. The molecule has 0 radical (unpaired) electrons. The lowest BCUT2D eigenvalue weighted by atomic mass is 10.0. The molecular weight excluding hydrogens is 935 g/mol. The highest BCUT2D eigenvalue weighted by Gasteiger charge is 2.18. The Balaban J connectivity index is 3.40. The lowest BCUT2D eigenvalue weighted by Crippen LogP contribution is -2.45. The number of allylic oxidation sites excluding steroid dienone is 5. The number of carbonyl (C=O) groups excluding carboxylic acids is 2. The average molecular weight is 1070 g/mol. The number of nitrogens with one attached hydrogen (secondary N) is 1. The van der Waals surface area contributed by atoms with Gasteiger partial charge in [0.05, 0.1) is 25.4 Å². The highest BCUT2D eigenvalue weighted by atomic mass is 16.5. The third-order valence-electron chi connectivity index (χ3n) is 15.9. The number of hydrogen-bond donors (Lipinski definition) is 3. The molecule has 1 amide bonds. The van der Waals surface area contributed by atoms with Crippen molar-refractivity contribution in [1.29, 1.82) is 0 Å². The number of rotatable bonds is 64. The van der Waals surface area contributed by atoms with Crippen LogP contribution in [0.1, 0.15) is 373 Å². The van der Waals surface area contributed by atoms with E-state index < -0.39 is 12.1 Å². The zero-order valence-electron chi connectivity index (χ0n) is 51.3. The van der Waals surface area contributed by atoms with Gasteiger partial charge in [0.1, 0.15) is 0 Å². The van der Waals surface area contributed by atoms with Crippen LogP contribution in [0.4, 0.5) is 0 Å². The van der Waals surface area contributed by atoms with Gasteiger partial charge >= 0.3 is 5.97 Å². The maximum atomic E-state index is 12.5. The summed E-state index contributed by atoms with van der Waals surface area (Å²) in [4.78, 5) is 24.5. The highest BCUT2D eigenvalue weighted by Crippen LogP contribution is 2.18. The van der Waals surface area contributed by atoms with Gasteiger partial charge in [-0.1, -0.05) is 320 Å². The number of amides is 1. The Morgan fingerprint density at radius 1 is 0.355 bits per heavy atom. The third-order valence-corrected chi connectivity index (χ3v) is 15.9. The fourth-order valence-electron chi connectivity index (χ4n) is 10.6. The Hall–Kier alpha value is -1.92. The van der Waals surface area contributed by atoms with Crippen LogP contribution in [0.25, 0.3) is 0 Å². The molecule has 6 heteroatoms. The molecule has 0 saturated carbocycles. The van der Waals surface area contributed by atoms with Crippen molar-refractivity contribution in [3.05, 3.63) is 36.5 Å². The van der Waals surface area contributed by atoms with Crippen molar-refractivity contribution in [3.8, 4) is 0 Å². The van der Waals surface area contributed by atoms with Crippen LogP contribution in [0.3, 0.4) is 0 Å². The van der Waals surface area contributed by atoms with Gasteiger partial charge in [-0.2, -0.15) is 0 Å². The van der Waals surface area contributed by atoms with Crippen LogP contribution in [-0.2, 0) is 14.3 Å². The number of hydrogen-bond acceptors (Lipinski definition) is 5. The monoisotopic (exact) mass is 1070 g/mol. The Morgan fingerprint density at radius 2 is 0.632 bits per heavy atom. The minimum absolute atomic E-state index is 0.00521. The van der Waals surface area contributed by atoms with Crippen molar-refractivity contribution in [2.24, 2.45) is 0 Å². The van der Waals surface area contributed by atoms with Crippen molar-refractivity contribution in [1.82, 2.24) is 5.32 Å². The van der Waals surface area contributed by atoms with Gasteiger partial charge in [-0.25, -0.2) is 0 Å². The van der Waals surface area contributed by atoms with Gasteiger partial charge < -0.3 is 20.3 Å². The first kappa shape index (κ1) is 74.1. The molecule has 2 unspecified atom stereocenters. The van der Waals surface area contributed by atoms with Crippen LogP contribution in [0, 0.1) is 0 Å². The number of esters is 1. The van der Waals surface area contributed by atoms with Crippen molar-refractivity contribution >= 4 is 11.9 Å². The third kappa shape index (κ3) is 61.3. The summed E-state index contributed by atoms with van der Waals surface area (Å²) in [7, 11) is 0. The molecule has 0 aliphatic carbocycles. The highest BCUT2D eigenvalue weighted by molar-refractivity contribution is 5.76. The first-order chi connectivity index (χ1) is 37.5. The van der Waals surface area contributed by atoms with Crippen LogP contribution >= 0.6 is 0 Å². The first-order valence-electron chi connectivity index (χ1n) is 34.3. The second-order valence-electron chi connectivity index (χ2n) is 23.5. The predicted molar refractivity (Wildman–Crippen MR) is 333 cm³/mol. The summed E-state index contributed by atoms with van der Waals surface area (Å²) in [5.41, 5.74) is 0. The number of carbonyl (C=O) groups is 2. The van der Waals surface area contributed by atoms with Crippen LogP contribution in [0.5, 0.6) is 0 Å². The molecule has 6 nitrogen and oxygen atoms in total. The molecule has 2 atom stereocenters. The van der Waals surface area contributed by atoms with Crippen molar-refractivity contribution < 1.29 is 24.5 Å². The summed E-state index contributed by atoms with van der Waals surface area (Å²) in [6, 6.07) is -0.628. The molecule has 0 aliphatic heterocycles. The van der Waals surface area contributed by atoms with E-state index in [0.717, 1.165) is 44.9 Å². The number of aliphatic hydroxyl groups excluding tert-OH is 2. The molecular formula is C70H133NO5. The van der Waals surface area contributed by atoms with E-state index in [9.17, 15) is 19.8 Å². The lowest BCUT2D eigenvalue weighted by Gasteiger charge is -2.20. The first-order valence-corrected chi connectivity index (χ1v) is 34.3. The van der Waals surface area contributed by atoms with E-state index in [-0.39, 0.29) is 18.5 Å². The number of aliphatic hydroxyl groups is 2. The van der Waals surface area contributed by atoms with Gasteiger partial charge in [-0.3, -0.25) is 9.59 Å². The molecule has 0 spiro atoms. The van der Waals surface area contributed by atoms with E-state index in [4.69, 9.17) is 4.74 Å². The minimum atomic E-state index is -0.845. The van der Waals surface area contributed by atoms with E-state index in [1.165, 1.54) is 302 Å². The molecule has 0 heterocycles. The minimum Gasteiger partial charge on any atom is -0.466 e. The van der Waals surface area contributed by atoms with Gasteiger partial charge in [-0.05, 0) is 77.0 Å². The average Bonchev–Trinajstić information content (AvgIpc) is 3.42. The van der Waals surface area contributed by atoms with E-state index >= 15 is 0 Å². The summed E-state index contributed by atoms with van der Waals surface area (Å²) in [6.45, 7) is 4.89. The molecule has 0 aromatic carbocycles. The van der Waals surface area contributed by atoms with E-state index in [1.54, 1.807) is 6.08 Å². The predicted octanol–water partition coefficient (Wildman–Crippen LogP) is 21.9. The maximum Gasteiger partial charge on any atom is 0.305 e. The quantitative estimate of drug-likeness (QED) is 0.0320. The van der Waals surface area contributed by atoms with Gasteiger partial charge in [0.15, 0.2) is 0 Å². The molecule has 0 fully saturated rings. The lowest BCUT2D eigenvalue weighted by molar-refractivity contribution is -0.143. The molecule has 448 valence electrons. The topological polar surface area (TPSA) is 95.9 Å². The Kier molecular flexibility index (Phi) is 63.9. The second kappa shape index (κ2) is 65.6. The summed E-state index contributed by atoms with van der Waals surface area (Å²) in [5, 5.41) is 23.2. The van der Waals surface area contributed by atoms with Crippen molar-refractivity contribution in [2.45, 2.75) is 386 Å². The van der Waals surface area contributed by atoms with Gasteiger partial charge in [0.2, 0.25) is 5.91 Å². The largest absolute Gasteiger partial charge is 0.466 e. The fraction of sp³-hybridized carbons (Fsp3) is 0.886.